The van der Waals surface area contributed by atoms with Gasteiger partial charge in [0.2, 0.25) is 5.88 Å². The molecule has 28 heavy (non-hydrogen) atoms. The van der Waals surface area contributed by atoms with Gasteiger partial charge >= 0.3 is 0 Å². The van der Waals surface area contributed by atoms with E-state index < -0.39 is 0 Å². The maximum absolute atomic E-state index is 10.8. The number of aryl methyl sites for hydroxylation is 1. The van der Waals surface area contributed by atoms with E-state index >= 15 is 0 Å². The van der Waals surface area contributed by atoms with Crippen LogP contribution in [-0.4, -0.2) is 57.0 Å². The van der Waals surface area contributed by atoms with Gasteiger partial charge < -0.3 is 10.0 Å². The Bertz CT molecular complexity index is 932. The van der Waals surface area contributed by atoms with Crippen LogP contribution in [0.3, 0.4) is 0 Å². The molecule has 0 bridgehead atoms. The van der Waals surface area contributed by atoms with Gasteiger partial charge in [0.25, 0.3) is 0 Å². The van der Waals surface area contributed by atoms with E-state index in [1.807, 2.05) is 18.2 Å². The molecule has 3 aromatic rings. The quantitative estimate of drug-likeness (QED) is 0.763. The fraction of sp³-hybridized carbons (Fsp3) is 0.364. The lowest BCUT2D eigenvalue weighted by atomic mass is 9.91. The van der Waals surface area contributed by atoms with Gasteiger partial charge in [-0.15, -0.1) is 0 Å². The Morgan fingerprint density at radius 1 is 0.929 bits per heavy atom. The molecule has 1 aromatic carbocycles. The molecule has 6 nitrogen and oxygen atoms in total. The predicted molar refractivity (Wildman–Crippen MR) is 109 cm³/mol. The van der Waals surface area contributed by atoms with Gasteiger partial charge in [-0.3, -0.25) is 4.90 Å². The number of aromatic hydroxyl groups is 1. The summed E-state index contributed by atoms with van der Waals surface area (Å²) in [6, 6.07) is 16.8. The fourth-order valence-electron chi connectivity index (χ4n) is 4.47. The number of hydrogen-bond donors (Lipinski definition) is 1. The van der Waals surface area contributed by atoms with Crippen LogP contribution < -0.4 is 4.90 Å². The van der Waals surface area contributed by atoms with Crippen LogP contribution in [0.5, 0.6) is 5.88 Å². The molecule has 1 aliphatic heterocycles. The first kappa shape index (κ1) is 17.3. The number of rotatable bonds is 3. The zero-order chi connectivity index (χ0) is 18.9. The summed E-state index contributed by atoms with van der Waals surface area (Å²) in [7, 11) is 0. The average Bonchev–Trinajstić information content (AvgIpc) is 3.11. The Morgan fingerprint density at radius 3 is 2.46 bits per heavy atom. The minimum Gasteiger partial charge on any atom is -0.493 e. The first-order valence-electron chi connectivity index (χ1n) is 10.0. The Kier molecular flexibility index (Phi) is 4.49. The molecule has 3 heterocycles. The Morgan fingerprint density at radius 2 is 1.71 bits per heavy atom. The maximum Gasteiger partial charge on any atom is 0.219 e. The second kappa shape index (κ2) is 7.28. The van der Waals surface area contributed by atoms with E-state index in [0.717, 1.165) is 56.7 Å². The van der Waals surface area contributed by atoms with Gasteiger partial charge in [0.15, 0.2) is 5.82 Å². The second-order valence-electron chi connectivity index (χ2n) is 7.60. The van der Waals surface area contributed by atoms with E-state index in [1.54, 1.807) is 10.9 Å². The van der Waals surface area contributed by atoms with Gasteiger partial charge in [0.05, 0.1) is 5.69 Å². The van der Waals surface area contributed by atoms with E-state index in [-0.39, 0.29) is 5.88 Å². The summed E-state index contributed by atoms with van der Waals surface area (Å²) in [5, 5.41) is 15.4. The number of benzene rings is 1. The molecule has 0 spiro atoms. The minimum absolute atomic E-state index is 0.251. The topological polar surface area (TPSA) is 57.4 Å². The highest BCUT2D eigenvalue weighted by Gasteiger charge is 2.31. The van der Waals surface area contributed by atoms with Crippen molar-refractivity contribution >= 4 is 5.69 Å². The van der Waals surface area contributed by atoms with Gasteiger partial charge in [0.1, 0.15) is 0 Å². The predicted octanol–water partition coefficient (Wildman–Crippen LogP) is 2.65. The molecule has 0 radical (unpaired) electrons. The van der Waals surface area contributed by atoms with E-state index in [2.05, 4.69) is 50.2 Å². The summed E-state index contributed by atoms with van der Waals surface area (Å²) in [6.45, 7) is 4.22. The number of hydrogen-bond acceptors (Lipinski definition) is 5. The largest absolute Gasteiger partial charge is 0.493 e. The van der Waals surface area contributed by atoms with Crippen LogP contribution >= 0.6 is 0 Å². The first-order chi connectivity index (χ1) is 13.8. The van der Waals surface area contributed by atoms with Crippen molar-refractivity contribution in [1.82, 2.24) is 19.7 Å². The molecule has 1 saturated heterocycles. The molecule has 1 fully saturated rings. The SMILES string of the molecule is Oc1c2c(nn1-c1ccccn1)CCC(N1CCN(c3ccccc3)CC1)C2. The highest BCUT2D eigenvalue weighted by atomic mass is 16.3. The number of piperazine rings is 1. The molecule has 1 aliphatic carbocycles. The van der Waals surface area contributed by atoms with Gasteiger partial charge in [-0.05, 0) is 43.5 Å². The summed E-state index contributed by atoms with van der Waals surface area (Å²) in [6.07, 6.45) is 4.59. The van der Waals surface area contributed by atoms with Crippen molar-refractivity contribution in [2.75, 3.05) is 31.1 Å². The molecule has 1 N–H and O–H groups in total. The molecular weight excluding hydrogens is 350 g/mol. The van der Waals surface area contributed by atoms with E-state index in [9.17, 15) is 5.11 Å². The van der Waals surface area contributed by atoms with Crippen LogP contribution in [0, 0.1) is 0 Å². The highest BCUT2D eigenvalue weighted by Crippen LogP contribution is 2.32. The zero-order valence-electron chi connectivity index (χ0n) is 15.9. The van der Waals surface area contributed by atoms with Crippen LogP contribution in [-0.2, 0) is 12.8 Å². The molecule has 5 rings (SSSR count). The van der Waals surface area contributed by atoms with Crippen molar-refractivity contribution < 1.29 is 5.11 Å². The Balaban J connectivity index is 1.28. The van der Waals surface area contributed by atoms with Crippen molar-refractivity contribution in [3.8, 4) is 11.7 Å². The summed E-state index contributed by atoms with van der Waals surface area (Å²) >= 11 is 0. The molecule has 2 aliphatic rings. The number of fused-ring (bicyclic) bond motifs is 1. The lowest BCUT2D eigenvalue weighted by Gasteiger charge is -2.41. The fourth-order valence-corrected chi connectivity index (χ4v) is 4.47. The summed E-state index contributed by atoms with van der Waals surface area (Å²) in [4.78, 5) is 9.37. The lowest BCUT2D eigenvalue weighted by Crippen LogP contribution is -2.51. The van der Waals surface area contributed by atoms with Crippen LogP contribution in [0.4, 0.5) is 5.69 Å². The van der Waals surface area contributed by atoms with Gasteiger partial charge in [-0.2, -0.15) is 9.78 Å². The van der Waals surface area contributed by atoms with Crippen LogP contribution in [0.25, 0.3) is 5.82 Å². The Hall–Kier alpha value is -2.86. The number of anilines is 1. The molecule has 2 aromatic heterocycles. The first-order valence-corrected chi connectivity index (χ1v) is 10.0. The van der Waals surface area contributed by atoms with Crippen molar-refractivity contribution in [2.24, 2.45) is 0 Å². The molecule has 144 valence electrons. The molecule has 0 saturated carbocycles. The molecule has 1 unspecified atom stereocenters. The third-order valence-electron chi connectivity index (χ3n) is 6.01. The normalized spacial score (nSPS) is 20.1. The third kappa shape index (κ3) is 3.14. The standard InChI is InChI=1S/C22H25N5O/c28-22-19-16-18(9-10-20(19)24-27(22)21-8-4-5-11-23-21)26-14-12-25(13-15-26)17-6-2-1-3-7-17/h1-8,11,18,28H,9-10,12-16H2. The smallest absolute Gasteiger partial charge is 0.219 e. The number of nitrogens with zero attached hydrogens (tertiary/aromatic N) is 5. The molecule has 1 atom stereocenters. The van der Waals surface area contributed by atoms with Gasteiger partial charge in [-0.25, -0.2) is 4.98 Å². The molecular formula is C22H25N5O. The summed E-state index contributed by atoms with van der Waals surface area (Å²) < 4.78 is 1.58. The van der Waals surface area contributed by atoms with E-state index in [1.165, 1.54) is 5.69 Å². The maximum atomic E-state index is 10.8. The molecule has 0 amide bonds. The number of pyridine rings is 1. The van der Waals surface area contributed by atoms with Crippen molar-refractivity contribution in [3.05, 3.63) is 66.0 Å². The summed E-state index contributed by atoms with van der Waals surface area (Å²) in [5.74, 6) is 0.920. The van der Waals surface area contributed by atoms with E-state index in [0.29, 0.717) is 11.9 Å². The number of aromatic nitrogens is 3. The summed E-state index contributed by atoms with van der Waals surface area (Å²) in [5.41, 5.74) is 3.32. The average molecular weight is 375 g/mol. The molecule has 6 heteroatoms. The highest BCUT2D eigenvalue weighted by molar-refractivity contribution is 5.46. The van der Waals surface area contributed by atoms with Crippen LogP contribution in [0.2, 0.25) is 0 Å². The second-order valence-corrected chi connectivity index (χ2v) is 7.60. The van der Waals surface area contributed by atoms with Crippen LogP contribution in [0.15, 0.2) is 54.7 Å². The van der Waals surface area contributed by atoms with Crippen molar-refractivity contribution in [1.29, 1.82) is 0 Å². The monoisotopic (exact) mass is 375 g/mol. The van der Waals surface area contributed by atoms with Crippen LogP contribution in [0.1, 0.15) is 17.7 Å². The van der Waals surface area contributed by atoms with Gasteiger partial charge in [-0.1, -0.05) is 24.3 Å². The van der Waals surface area contributed by atoms with Crippen molar-refractivity contribution in [3.63, 3.8) is 0 Å². The number of para-hydroxylation sites is 1. The third-order valence-corrected chi connectivity index (χ3v) is 6.01. The minimum atomic E-state index is 0.251. The zero-order valence-corrected chi connectivity index (χ0v) is 15.9. The van der Waals surface area contributed by atoms with Crippen molar-refractivity contribution in [2.45, 2.75) is 25.3 Å². The Labute approximate surface area is 165 Å². The lowest BCUT2D eigenvalue weighted by molar-refractivity contribution is 0.169. The van der Waals surface area contributed by atoms with Gasteiger partial charge in [0, 0.05) is 49.7 Å². The van der Waals surface area contributed by atoms with E-state index in [4.69, 9.17) is 0 Å².